The summed E-state index contributed by atoms with van der Waals surface area (Å²) in [5.74, 6) is 0.305. The van der Waals surface area contributed by atoms with Gasteiger partial charge in [0.05, 0.1) is 6.42 Å². The molecule has 5 nitrogen and oxygen atoms in total. The Balaban J connectivity index is 2.51. The molecule has 1 N–H and O–H groups in total. The van der Waals surface area contributed by atoms with Crippen LogP contribution in [0.2, 0.25) is 5.28 Å². The highest BCUT2D eigenvalue weighted by atomic mass is 35.5. The third-order valence-electron chi connectivity index (χ3n) is 1.32. The normalized spacial score (nSPS) is 14.5. The van der Waals surface area contributed by atoms with E-state index in [1.807, 2.05) is 0 Å². The number of halogens is 1. The third-order valence-corrected chi connectivity index (χ3v) is 1.48. The summed E-state index contributed by atoms with van der Waals surface area (Å²) in [7, 11) is 0. The Bertz CT molecular complexity index is 326. The van der Waals surface area contributed by atoms with Crippen LogP contribution in [-0.2, 0) is 11.2 Å². The van der Waals surface area contributed by atoms with Gasteiger partial charge in [0.1, 0.15) is 5.69 Å². The van der Waals surface area contributed by atoms with Crippen LogP contribution in [0.5, 0.6) is 0 Å². The van der Waals surface area contributed by atoms with Gasteiger partial charge in [-0.05, 0) is 11.6 Å². The lowest BCUT2D eigenvalue weighted by Crippen LogP contribution is -2.04. The van der Waals surface area contributed by atoms with Gasteiger partial charge in [-0.2, -0.15) is 4.98 Å². The predicted molar refractivity (Wildman–Crippen MR) is 37.2 cm³/mol. The molecular formula is C5H3ClN4O. The van der Waals surface area contributed by atoms with E-state index in [1.54, 1.807) is 0 Å². The SMILES string of the molecule is O=C1Cc2nnc(Cl)nc2N1. The Morgan fingerprint density at radius 3 is 3.09 bits per heavy atom. The number of rotatable bonds is 0. The van der Waals surface area contributed by atoms with Gasteiger partial charge >= 0.3 is 0 Å². The van der Waals surface area contributed by atoms with Crippen molar-refractivity contribution in [1.29, 1.82) is 0 Å². The van der Waals surface area contributed by atoms with Crippen molar-refractivity contribution in [1.82, 2.24) is 15.2 Å². The highest BCUT2D eigenvalue weighted by Crippen LogP contribution is 2.17. The second-order valence-electron chi connectivity index (χ2n) is 2.10. The van der Waals surface area contributed by atoms with E-state index in [1.165, 1.54) is 0 Å². The molecule has 2 rings (SSSR count). The van der Waals surface area contributed by atoms with E-state index in [-0.39, 0.29) is 17.6 Å². The number of nitrogens with one attached hydrogen (secondary N) is 1. The minimum Gasteiger partial charge on any atom is -0.309 e. The highest BCUT2D eigenvalue weighted by Gasteiger charge is 2.20. The van der Waals surface area contributed by atoms with E-state index in [0.717, 1.165) is 0 Å². The van der Waals surface area contributed by atoms with Crippen LogP contribution in [0.25, 0.3) is 0 Å². The Hall–Kier alpha value is -1.23. The van der Waals surface area contributed by atoms with E-state index in [2.05, 4.69) is 20.5 Å². The van der Waals surface area contributed by atoms with Gasteiger partial charge in [-0.3, -0.25) is 4.79 Å². The molecular weight excluding hydrogens is 168 g/mol. The fourth-order valence-electron chi connectivity index (χ4n) is 0.876. The number of carbonyl (C=O) groups excluding carboxylic acids is 1. The van der Waals surface area contributed by atoms with Crippen molar-refractivity contribution in [3.63, 3.8) is 0 Å². The molecule has 0 spiro atoms. The number of hydrogen-bond donors (Lipinski definition) is 1. The van der Waals surface area contributed by atoms with Crippen molar-refractivity contribution in [3.05, 3.63) is 11.0 Å². The van der Waals surface area contributed by atoms with Crippen LogP contribution in [0.4, 0.5) is 5.82 Å². The number of hydrogen-bond acceptors (Lipinski definition) is 4. The zero-order chi connectivity index (χ0) is 7.84. The molecule has 0 saturated carbocycles. The lowest BCUT2D eigenvalue weighted by molar-refractivity contribution is -0.115. The van der Waals surface area contributed by atoms with Crippen LogP contribution in [0, 0.1) is 0 Å². The molecule has 11 heavy (non-hydrogen) atoms. The van der Waals surface area contributed by atoms with Gasteiger partial charge in [-0.15, -0.1) is 10.2 Å². The third kappa shape index (κ3) is 1.03. The van der Waals surface area contributed by atoms with Crippen LogP contribution in [-0.4, -0.2) is 21.1 Å². The lowest BCUT2D eigenvalue weighted by atomic mass is 10.4. The van der Waals surface area contributed by atoms with Crippen molar-refractivity contribution in [2.45, 2.75) is 6.42 Å². The van der Waals surface area contributed by atoms with Gasteiger partial charge in [0, 0.05) is 0 Å². The van der Waals surface area contributed by atoms with Gasteiger partial charge in [0.15, 0.2) is 5.82 Å². The molecule has 0 bridgehead atoms. The molecule has 1 aliphatic rings. The van der Waals surface area contributed by atoms with Crippen molar-refractivity contribution >= 4 is 23.3 Å². The van der Waals surface area contributed by atoms with E-state index < -0.39 is 0 Å². The molecule has 6 heteroatoms. The largest absolute Gasteiger partial charge is 0.309 e. The molecule has 1 amide bonds. The van der Waals surface area contributed by atoms with E-state index in [0.29, 0.717) is 11.5 Å². The quantitative estimate of drug-likeness (QED) is 0.596. The van der Waals surface area contributed by atoms with Crippen LogP contribution >= 0.6 is 11.6 Å². The number of anilines is 1. The maximum atomic E-state index is 10.7. The summed E-state index contributed by atoms with van der Waals surface area (Å²) < 4.78 is 0. The Morgan fingerprint density at radius 2 is 2.27 bits per heavy atom. The predicted octanol–water partition coefficient (Wildman–Crippen LogP) is 0.0196. The van der Waals surface area contributed by atoms with E-state index in [4.69, 9.17) is 11.6 Å². The van der Waals surface area contributed by atoms with Gasteiger partial charge in [-0.1, -0.05) is 0 Å². The summed E-state index contributed by atoms with van der Waals surface area (Å²) in [5, 5.41) is 9.73. The average Bonchev–Trinajstić information content (AvgIpc) is 2.27. The molecule has 2 heterocycles. The lowest BCUT2D eigenvalue weighted by Gasteiger charge is -1.92. The topological polar surface area (TPSA) is 67.8 Å². The van der Waals surface area contributed by atoms with Gasteiger partial charge in [-0.25, -0.2) is 0 Å². The van der Waals surface area contributed by atoms with Gasteiger partial charge in [0.2, 0.25) is 11.2 Å². The molecule has 56 valence electrons. The van der Waals surface area contributed by atoms with Crippen LogP contribution in [0.3, 0.4) is 0 Å². The summed E-state index contributed by atoms with van der Waals surface area (Å²) >= 11 is 5.44. The van der Waals surface area contributed by atoms with Crippen molar-refractivity contribution in [3.8, 4) is 0 Å². The molecule has 0 saturated heterocycles. The second-order valence-corrected chi connectivity index (χ2v) is 2.44. The smallest absolute Gasteiger partial charge is 0.244 e. The first-order chi connectivity index (χ1) is 5.25. The van der Waals surface area contributed by atoms with Crippen LogP contribution in [0.1, 0.15) is 5.69 Å². The number of carbonyl (C=O) groups is 1. The monoisotopic (exact) mass is 170 g/mol. The standard InChI is InChI=1S/C5H3ClN4O/c6-5-8-4-2(9-10-5)1-3(11)7-4/h1H2,(H,7,8,10,11). The van der Waals surface area contributed by atoms with Crippen molar-refractivity contribution in [2.24, 2.45) is 0 Å². The molecule has 0 atom stereocenters. The first-order valence-electron chi connectivity index (χ1n) is 2.94. The first kappa shape index (κ1) is 6.48. The zero-order valence-electron chi connectivity index (χ0n) is 5.33. The molecule has 0 unspecified atom stereocenters. The Labute approximate surface area is 66.8 Å². The average molecular weight is 171 g/mol. The van der Waals surface area contributed by atoms with E-state index >= 15 is 0 Å². The molecule has 0 aromatic carbocycles. The number of nitrogens with zero attached hydrogens (tertiary/aromatic N) is 3. The van der Waals surface area contributed by atoms with Crippen molar-refractivity contribution < 1.29 is 4.79 Å². The molecule has 1 aromatic heterocycles. The number of aromatic nitrogens is 3. The fourth-order valence-corrected chi connectivity index (χ4v) is 0.998. The Morgan fingerprint density at radius 1 is 1.45 bits per heavy atom. The van der Waals surface area contributed by atoms with E-state index in [9.17, 15) is 4.79 Å². The maximum absolute atomic E-state index is 10.7. The zero-order valence-corrected chi connectivity index (χ0v) is 6.09. The fraction of sp³-hybridized carbons (Fsp3) is 0.200. The summed E-state index contributed by atoms with van der Waals surface area (Å²) in [5.41, 5.74) is 0.555. The molecule has 0 aliphatic carbocycles. The maximum Gasteiger partial charge on any atom is 0.244 e. The number of fused-ring (bicyclic) bond motifs is 1. The minimum absolute atomic E-state index is 0.0472. The second kappa shape index (κ2) is 2.13. The summed E-state index contributed by atoms with van der Waals surface area (Å²) in [6.07, 6.45) is 0.243. The Kier molecular flexibility index (Phi) is 1.25. The highest BCUT2D eigenvalue weighted by molar-refractivity contribution is 6.28. The van der Waals surface area contributed by atoms with Crippen LogP contribution in [0.15, 0.2) is 0 Å². The minimum atomic E-state index is -0.121. The molecule has 0 radical (unpaired) electrons. The molecule has 1 aromatic rings. The first-order valence-corrected chi connectivity index (χ1v) is 3.32. The summed E-state index contributed by atoms with van der Waals surface area (Å²) in [4.78, 5) is 14.5. The number of amides is 1. The van der Waals surface area contributed by atoms with Crippen LogP contribution < -0.4 is 5.32 Å². The molecule has 1 aliphatic heterocycles. The van der Waals surface area contributed by atoms with Gasteiger partial charge < -0.3 is 5.32 Å². The molecule has 0 fully saturated rings. The summed E-state index contributed by atoms with van der Waals surface area (Å²) in [6.45, 7) is 0. The van der Waals surface area contributed by atoms with Gasteiger partial charge in [0.25, 0.3) is 0 Å². The van der Waals surface area contributed by atoms with Crippen molar-refractivity contribution in [2.75, 3.05) is 5.32 Å². The summed E-state index contributed by atoms with van der Waals surface area (Å²) in [6, 6.07) is 0.